The van der Waals surface area contributed by atoms with Crippen LogP contribution in [-0.2, 0) is 0 Å². The van der Waals surface area contributed by atoms with Gasteiger partial charge in [0.1, 0.15) is 24.7 Å². The number of ether oxygens (including phenoxy) is 2. The van der Waals surface area contributed by atoms with Crippen molar-refractivity contribution in [1.29, 1.82) is 0 Å². The quantitative estimate of drug-likeness (QED) is 0.539. The van der Waals surface area contributed by atoms with Gasteiger partial charge < -0.3 is 26.8 Å². The van der Waals surface area contributed by atoms with E-state index in [4.69, 9.17) is 9.47 Å². The minimum absolute atomic E-state index is 0. The van der Waals surface area contributed by atoms with Gasteiger partial charge in [-0.25, -0.2) is 4.79 Å². The Kier molecular flexibility index (Phi) is 8.62. The smallest absolute Gasteiger partial charge is 0.343 e. The summed E-state index contributed by atoms with van der Waals surface area (Å²) in [7, 11) is 4.20. The van der Waals surface area contributed by atoms with Gasteiger partial charge in [0, 0.05) is 5.56 Å². The van der Waals surface area contributed by atoms with Crippen LogP contribution in [0.4, 0.5) is 0 Å². The number of esters is 1. The van der Waals surface area contributed by atoms with E-state index < -0.39 is 0 Å². The highest BCUT2D eigenvalue weighted by atomic mass is 35.5. The van der Waals surface area contributed by atoms with Crippen molar-refractivity contribution in [2.24, 2.45) is 0 Å². The lowest BCUT2D eigenvalue weighted by atomic mass is 9.99. The maximum absolute atomic E-state index is 12.3. The number of halogens is 1. The van der Waals surface area contributed by atoms with Gasteiger partial charge in [0.05, 0.1) is 19.7 Å². The first-order valence-electron chi connectivity index (χ1n) is 8.72. The van der Waals surface area contributed by atoms with Gasteiger partial charge in [-0.05, 0) is 42.7 Å². The molecule has 0 bridgehead atoms. The first-order chi connectivity index (χ1) is 11.9. The highest BCUT2D eigenvalue weighted by molar-refractivity contribution is 5.91. The molecular weight excluding hydrogens is 350 g/mol. The molecule has 0 atom stereocenters. The van der Waals surface area contributed by atoms with Crippen molar-refractivity contribution in [2.75, 3.05) is 27.2 Å². The van der Waals surface area contributed by atoms with E-state index >= 15 is 0 Å². The van der Waals surface area contributed by atoms with E-state index in [-0.39, 0.29) is 24.3 Å². The maximum atomic E-state index is 12.3. The summed E-state index contributed by atoms with van der Waals surface area (Å²) in [4.78, 5) is 13.7. The van der Waals surface area contributed by atoms with Crippen molar-refractivity contribution >= 4 is 5.97 Å². The Balaban J connectivity index is 0.00000338. The Bertz CT molecular complexity index is 715. The topological polar surface area (TPSA) is 40.0 Å². The lowest BCUT2D eigenvalue weighted by Crippen LogP contribution is -3.06. The summed E-state index contributed by atoms with van der Waals surface area (Å²) in [5, 5.41) is 0. The predicted octanol–water partition coefficient (Wildman–Crippen LogP) is -0.135. The molecule has 26 heavy (non-hydrogen) atoms. The monoisotopic (exact) mass is 377 g/mol. The van der Waals surface area contributed by atoms with Crippen molar-refractivity contribution in [2.45, 2.75) is 26.7 Å². The molecular formula is C21H28ClNO3. The number of quaternary nitrogens is 1. The van der Waals surface area contributed by atoms with Gasteiger partial charge in [0.25, 0.3) is 0 Å². The van der Waals surface area contributed by atoms with Gasteiger partial charge in [0.15, 0.2) is 0 Å². The van der Waals surface area contributed by atoms with E-state index in [0.29, 0.717) is 17.9 Å². The number of nitrogens with one attached hydrogen (secondary N) is 1. The molecule has 0 amide bonds. The van der Waals surface area contributed by atoms with Crippen LogP contribution in [0.15, 0.2) is 42.5 Å². The summed E-state index contributed by atoms with van der Waals surface area (Å²) in [6.45, 7) is 7.74. The van der Waals surface area contributed by atoms with Crippen LogP contribution in [0.2, 0.25) is 0 Å². The molecule has 0 heterocycles. The Labute approximate surface area is 162 Å². The van der Waals surface area contributed by atoms with Crippen LogP contribution < -0.4 is 26.8 Å². The molecule has 0 aliphatic carbocycles. The van der Waals surface area contributed by atoms with Gasteiger partial charge >= 0.3 is 5.97 Å². The number of hydrogen-bond acceptors (Lipinski definition) is 3. The highest BCUT2D eigenvalue weighted by Gasteiger charge is 2.16. The van der Waals surface area contributed by atoms with Gasteiger partial charge in [-0.15, -0.1) is 0 Å². The van der Waals surface area contributed by atoms with E-state index in [2.05, 4.69) is 27.9 Å². The molecule has 1 N–H and O–H groups in total. The SMILES string of the molecule is Cc1cc(OCC[NH+](C)C)c(C(C)C)cc1OC(=O)c1ccccc1.[Cl-]. The van der Waals surface area contributed by atoms with Crippen molar-refractivity contribution in [3.63, 3.8) is 0 Å². The molecule has 0 spiro atoms. The molecule has 5 heteroatoms. The number of rotatable bonds is 7. The Morgan fingerprint density at radius 1 is 1.08 bits per heavy atom. The number of carbonyl (C=O) groups is 1. The molecule has 0 aliphatic rings. The number of hydrogen-bond donors (Lipinski definition) is 1. The molecule has 0 aromatic heterocycles. The van der Waals surface area contributed by atoms with Crippen molar-refractivity contribution in [3.8, 4) is 11.5 Å². The minimum Gasteiger partial charge on any atom is -1.00 e. The fraction of sp³-hybridized carbons (Fsp3) is 0.381. The molecule has 0 saturated carbocycles. The second-order valence-corrected chi connectivity index (χ2v) is 6.87. The summed E-state index contributed by atoms with van der Waals surface area (Å²) < 4.78 is 11.6. The van der Waals surface area contributed by atoms with Gasteiger partial charge in [-0.2, -0.15) is 0 Å². The summed E-state index contributed by atoms with van der Waals surface area (Å²) in [5.74, 6) is 1.39. The zero-order chi connectivity index (χ0) is 18.4. The number of benzene rings is 2. The van der Waals surface area contributed by atoms with E-state index in [1.165, 1.54) is 4.90 Å². The lowest BCUT2D eigenvalue weighted by Gasteiger charge is -2.18. The fourth-order valence-electron chi connectivity index (χ4n) is 2.46. The number of aryl methyl sites for hydroxylation is 1. The average Bonchev–Trinajstić information content (AvgIpc) is 2.57. The Hall–Kier alpha value is -2.04. The molecule has 2 aromatic rings. The van der Waals surface area contributed by atoms with E-state index in [0.717, 1.165) is 23.4 Å². The highest BCUT2D eigenvalue weighted by Crippen LogP contribution is 2.33. The molecule has 142 valence electrons. The summed E-state index contributed by atoms with van der Waals surface area (Å²) in [6.07, 6.45) is 0. The third kappa shape index (κ3) is 6.04. The molecule has 0 saturated heterocycles. The van der Waals surface area contributed by atoms with Crippen LogP contribution >= 0.6 is 0 Å². The molecule has 0 radical (unpaired) electrons. The van der Waals surface area contributed by atoms with Crippen LogP contribution in [0.3, 0.4) is 0 Å². The first kappa shape index (κ1) is 22.0. The summed E-state index contributed by atoms with van der Waals surface area (Å²) in [5.41, 5.74) is 2.48. The second-order valence-electron chi connectivity index (χ2n) is 6.87. The second kappa shape index (κ2) is 10.2. The molecule has 0 unspecified atom stereocenters. The van der Waals surface area contributed by atoms with Crippen LogP contribution in [0.25, 0.3) is 0 Å². The summed E-state index contributed by atoms with van der Waals surface area (Å²) in [6, 6.07) is 12.9. The number of carbonyl (C=O) groups excluding carboxylic acids is 1. The third-order valence-electron chi connectivity index (χ3n) is 4.00. The zero-order valence-electron chi connectivity index (χ0n) is 16.1. The molecule has 0 fully saturated rings. The number of likely N-dealkylation sites (N-methyl/N-ethyl adjacent to an activating group) is 1. The van der Waals surface area contributed by atoms with Crippen LogP contribution in [0.5, 0.6) is 11.5 Å². The van der Waals surface area contributed by atoms with E-state index in [1.54, 1.807) is 12.1 Å². The molecule has 4 nitrogen and oxygen atoms in total. The van der Waals surface area contributed by atoms with Gasteiger partial charge in [-0.3, -0.25) is 0 Å². The lowest BCUT2D eigenvalue weighted by molar-refractivity contribution is -0.858. The standard InChI is InChI=1S/C21H27NO3.ClH/c1-15(2)18-14-19(25-21(23)17-9-7-6-8-10-17)16(3)13-20(18)24-12-11-22(4)5;/h6-10,13-15H,11-12H2,1-5H3;1H. The van der Waals surface area contributed by atoms with Crippen molar-refractivity contribution < 1.29 is 31.6 Å². The average molecular weight is 378 g/mol. The van der Waals surface area contributed by atoms with Crippen LogP contribution in [0, 0.1) is 6.92 Å². The normalized spacial score (nSPS) is 10.6. The third-order valence-corrected chi connectivity index (χ3v) is 4.00. The molecule has 2 rings (SSSR count). The zero-order valence-corrected chi connectivity index (χ0v) is 16.9. The Morgan fingerprint density at radius 2 is 1.73 bits per heavy atom. The largest absolute Gasteiger partial charge is 1.00 e. The summed E-state index contributed by atoms with van der Waals surface area (Å²) >= 11 is 0. The predicted molar refractivity (Wildman–Crippen MR) is 99.8 cm³/mol. The Morgan fingerprint density at radius 3 is 2.31 bits per heavy atom. The van der Waals surface area contributed by atoms with Crippen molar-refractivity contribution in [1.82, 2.24) is 0 Å². The van der Waals surface area contributed by atoms with Gasteiger partial charge in [0.2, 0.25) is 0 Å². The van der Waals surface area contributed by atoms with E-state index in [9.17, 15) is 4.79 Å². The van der Waals surface area contributed by atoms with Crippen molar-refractivity contribution in [3.05, 3.63) is 59.2 Å². The van der Waals surface area contributed by atoms with Crippen LogP contribution in [-0.4, -0.2) is 33.2 Å². The molecule has 0 aliphatic heterocycles. The fourth-order valence-corrected chi connectivity index (χ4v) is 2.46. The maximum Gasteiger partial charge on any atom is 0.343 e. The first-order valence-corrected chi connectivity index (χ1v) is 8.72. The minimum atomic E-state index is -0.344. The van der Waals surface area contributed by atoms with Crippen LogP contribution in [0.1, 0.15) is 41.3 Å². The van der Waals surface area contributed by atoms with Gasteiger partial charge in [-0.1, -0.05) is 32.0 Å². The molecule has 2 aromatic carbocycles. The van der Waals surface area contributed by atoms with E-state index in [1.807, 2.05) is 37.3 Å².